The molecule has 1 rings (SSSR count). The fourth-order valence-corrected chi connectivity index (χ4v) is 1.99. The van der Waals surface area contributed by atoms with Gasteiger partial charge < -0.3 is 0 Å². The predicted molar refractivity (Wildman–Crippen MR) is 39.7 cm³/mol. The van der Waals surface area contributed by atoms with E-state index in [-0.39, 0.29) is 0 Å². The van der Waals surface area contributed by atoms with Crippen molar-refractivity contribution < 1.29 is 28.4 Å². The fraction of sp³-hybridized carbons (Fsp3) is 0. The van der Waals surface area contributed by atoms with Crippen LogP contribution in [0.4, 0.5) is 0 Å². The van der Waals surface area contributed by atoms with Gasteiger partial charge in [-0.25, -0.2) is 0 Å². The van der Waals surface area contributed by atoms with E-state index in [1.807, 2.05) is 0 Å². The minimum absolute atomic E-state index is 0.350. The zero-order chi connectivity index (χ0) is 8.32. The van der Waals surface area contributed by atoms with Crippen LogP contribution in [0.1, 0.15) is 0 Å². The van der Waals surface area contributed by atoms with Crippen LogP contribution in [0.3, 0.4) is 0 Å². The quantitative estimate of drug-likeness (QED) is 0.663. The summed E-state index contributed by atoms with van der Waals surface area (Å²) in [7, 11) is -3.12. The van der Waals surface area contributed by atoms with Crippen LogP contribution in [-0.2, 0) is 29.8 Å². The van der Waals surface area contributed by atoms with E-state index in [9.17, 15) is 8.42 Å². The van der Waals surface area contributed by atoms with Crippen molar-refractivity contribution in [1.82, 2.24) is 0 Å². The second-order valence-corrected chi connectivity index (χ2v) is 4.88. The Balaban J connectivity index is 3.24. The Morgan fingerprint density at radius 3 is 2.18 bits per heavy atom. The summed E-state index contributed by atoms with van der Waals surface area (Å²) in [5, 5.41) is 0. The number of rotatable bonds is 2. The SMILES string of the molecule is O=S(=O)([CH]=[Ti])c1ccccc1. The second-order valence-electron chi connectivity index (χ2n) is 1.98. The minimum atomic E-state index is -3.12. The van der Waals surface area contributed by atoms with Gasteiger partial charge in [0.25, 0.3) is 0 Å². The molecule has 0 atom stereocenters. The molecule has 0 N–H and O–H groups in total. The molecule has 0 heterocycles. The maximum atomic E-state index is 11.1. The first-order valence-electron chi connectivity index (χ1n) is 2.97. The van der Waals surface area contributed by atoms with Gasteiger partial charge in [0.05, 0.1) is 0 Å². The zero-order valence-corrected chi connectivity index (χ0v) is 8.07. The molecule has 0 aromatic heterocycles. The average Bonchev–Trinajstić information content (AvgIpc) is 2.06. The zero-order valence-electron chi connectivity index (χ0n) is 5.69. The van der Waals surface area contributed by atoms with E-state index in [1.165, 1.54) is 23.6 Å². The molecule has 1 aromatic rings. The first-order chi connectivity index (χ1) is 5.17. The molecular weight excluding hydrogens is 196 g/mol. The Morgan fingerprint density at radius 1 is 1.18 bits per heavy atom. The molecule has 1 aromatic carbocycles. The standard InChI is InChI=1S/C7H6O2S.Ti/c1-10(8,9)7-5-3-2-4-6-7;/h1-6H;. The van der Waals surface area contributed by atoms with Gasteiger partial charge in [0.15, 0.2) is 0 Å². The van der Waals surface area contributed by atoms with E-state index in [1.54, 1.807) is 30.3 Å². The van der Waals surface area contributed by atoms with Crippen molar-refractivity contribution in [1.29, 1.82) is 0 Å². The summed E-state index contributed by atoms with van der Waals surface area (Å²) in [6.45, 7) is 0. The Morgan fingerprint density at radius 2 is 1.73 bits per heavy atom. The summed E-state index contributed by atoms with van der Waals surface area (Å²) < 4.78 is 23.5. The second kappa shape index (κ2) is 3.43. The van der Waals surface area contributed by atoms with Gasteiger partial charge in [-0.15, -0.1) is 0 Å². The van der Waals surface area contributed by atoms with Gasteiger partial charge in [-0.2, -0.15) is 0 Å². The molecule has 0 aliphatic rings. The van der Waals surface area contributed by atoms with E-state index in [4.69, 9.17) is 0 Å². The number of hydrogen-bond acceptors (Lipinski definition) is 2. The third-order valence-corrected chi connectivity index (χ3v) is 3.92. The topological polar surface area (TPSA) is 34.1 Å². The average molecular weight is 202 g/mol. The van der Waals surface area contributed by atoms with Gasteiger partial charge in [0.2, 0.25) is 0 Å². The van der Waals surface area contributed by atoms with Crippen molar-refractivity contribution >= 4 is 13.5 Å². The van der Waals surface area contributed by atoms with Crippen LogP contribution < -0.4 is 0 Å². The molecular formula is C7H6O2STi. The van der Waals surface area contributed by atoms with Gasteiger partial charge in [-0.05, 0) is 0 Å². The van der Waals surface area contributed by atoms with E-state index in [0.29, 0.717) is 4.90 Å². The first kappa shape index (κ1) is 8.85. The summed E-state index contributed by atoms with van der Waals surface area (Å²) in [6, 6.07) is 8.35. The van der Waals surface area contributed by atoms with Crippen molar-refractivity contribution in [2.75, 3.05) is 0 Å². The first-order valence-corrected chi connectivity index (χ1v) is 5.42. The van der Waals surface area contributed by atoms with Gasteiger partial charge >= 0.3 is 77.1 Å². The predicted octanol–water partition coefficient (Wildman–Crippen LogP) is 0.767. The van der Waals surface area contributed by atoms with Gasteiger partial charge in [-0.1, -0.05) is 0 Å². The Kier molecular flexibility index (Phi) is 2.76. The van der Waals surface area contributed by atoms with E-state index in [2.05, 4.69) is 0 Å². The van der Waals surface area contributed by atoms with E-state index < -0.39 is 9.84 Å². The Labute approximate surface area is 77.1 Å². The molecule has 0 radical (unpaired) electrons. The number of hydrogen-bond donors (Lipinski definition) is 0. The van der Waals surface area contributed by atoms with E-state index in [0.717, 1.165) is 0 Å². The third-order valence-electron chi connectivity index (χ3n) is 1.23. The van der Waals surface area contributed by atoms with Crippen LogP contribution >= 0.6 is 0 Å². The van der Waals surface area contributed by atoms with Crippen molar-refractivity contribution in [3.8, 4) is 0 Å². The monoisotopic (exact) mass is 202 g/mol. The summed E-state index contributed by atoms with van der Waals surface area (Å²) in [6.07, 6.45) is 0. The summed E-state index contributed by atoms with van der Waals surface area (Å²) >= 11 is 1.52. The third kappa shape index (κ3) is 2.09. The van der Waals surface area contributed by atoms with Crippen LogP contribution in [-0.4, -0.2) is 12.1 Å². The Bertz CT molecular complexity index is 342. The van der Waals surface area contributed by atoms with E-state index >= 15 is 0 Å². The molecule has 56 valence electrons. The van der Waals surface area contributed by atoms with Crippen molar-refractivity contribution in [3.05, 3.63) is 30.3 Å². The molecule has 11 heavy (non-hydrogen) atoms. The van der Waals surface area contributed by atoms with Crippen molar-refractivity contribution in [3.63, 3.8) is 0 Å². The summed E-state index contributed by atoms with van der Waals surface area (Å²) in [5.74, 6) is 0. The number of sulfone groups is 1. The molecule has 0 aliphatic heterocycles. The Hall–Kier alpha value is -0.246. The van der Waals surface area contributed by atoms with Crippen LogP contribution in [0.25, 0.3) is 0 Å². The fourth-order valence-electron chi connectivity index (χ4n) is 0.678. The van der Waals surface area contributed by atoms with Crippen molar-refractivity contribution in [2.45, 2.75) is 4.90 Å². The summed E-state index contributed by atoms with van der Waals surface area (Å²) in [4.78, 5) is 0.350. The van der Waals surface area contributed by atoms with Crippen molar-refractivity contribution in [2.24, 2.45) is 0 Å². The molecule has 0 bridgehead atoms. The molecule has 2 nitrogen and oxygen atoms in total. The number of benzene rings is 1. The normalized spacial score (nSPS) is 10.8. The molecule has 0 spiro atoms. The van der Waals surface area contributed by atoms with Gasteiger partial charge in [0, 0.05) is 0 Å². The molecule has 0 fully saturated rings. The van der Waals surface area contributed by atoms with Gasteiger partial charge in [-0.3, -0.25) is 0 Å². The molecule has 0 amide bonds. The molecule has 0 aliphatic carbocycles. The van der Waals surface area contributed by atoms with Crippen LogP contribution in [0.5, 0.6) is 0 Å². The van der Waals surface area contributed by atoms with Crippen LogP contribution in [0.15, 0.2) is 35.2 Å². The molecule has 0 unspecified atom stereocenters. The molecule has 4 heteroatoms. The van der Waals surface area contributed by atoms with Crippen LogP contribution in [0, 0.1) is 0 Å². The molecule has 0 saturated heterocycles. The molecule has 0 saturated carbocycles. The maximum absolute atomic E-state index is 11.1. The summed E-state index contributed by atoms with van der Waals surface area (Å²) in [5.41, 5.74) is 0. The van der Waals surface area contributed by atoms with Gasteiger partial charge in [0.1, 0.15) is 0 Å². The van der Waals surface area contributed by atoms with Crippen LogP contribution in [0.2, 0.25) is 0 Å².